The molecule has 3 rings (SSSR count). The number of carbonyl (C=O) groups excluding carboxylic acids is 2. The van der Waals surface area contributed by atoms with Gasteiger partial charge in [-0.25, -0.2) is 4.79 Å². The molecular weight excluding hydrogens is 535 g/mol. The third-order valence-corrected chi connectivity index (χ3v) is 6.43. The lowest BCUT2D eigenvalue weighted by atomic mass is 9.94. The average Bonchev–Trinajstić information content (AvgIpc) is 2.91. The Labute approximate surface area is 230 Å². The van der Waals surface area contributed by atoms with Crippen LogP contribution in [0.5, 0.6) is 5.75 Å². The number of rotatable bonds is 9. The van der Waals surface area contributed by atoms with E-state index >= 15 is 0 Å². The molecular formula is C29H29ClF3NO5. The molecule has 0 saturated heterocycles. The molecule has 1 amide bonds. The monoisotopic (exact) mass is 563 g/mol. The molecule has 3 aromatic rings. The van der Waals surface area contributed by atoms with Gasteiger partial charge in [0, 0.05) is 23.7 Å². The van der Waals surface area contributed by atoms with E-state index in [0.717, 1.165) is 17.7 Å². The first kappa shape index (κ1) is 29.8. The molecule has 0 radical (unpaired) electrons. The van der Waals surface area contributed by atoms with E-state index in [1.165, 1.54) is 25.2 Å². The van der Waals surface area contributed by atoms with E-state index in [1.54, 1.807) is 56.3 Å². The van der Waals surface area contributed by atoms with Gasteiger partial charge in [-0.3, -0.25) is 4.79 Å². The van der Waals surface area contributed by atoms with Crippen LogP contribution < -0.4 is 4.74 Å². The zero-order valence-electron chi connectivity index (χ0n) is 22.0. The van der Waals surface area contributed by atoms with Gasteiger partial charge in [-0.2, -0.15) is 13.2 Å². The first-order chi connectivity index (χ1) is 18.5. The predicted octanol–water partition coefficient (Wildman–Crippen LogP) is 7.47. The molecule has 0 aromatic heterocycles. The van der Waals surface area contributed by atoms with Crippen molar-refractivity contribution in [2.45, 2.75) is 39.1 Å². The van der Waals surface area contributed by atoms with Crippen molar-refractivity contribution in [2.24, 2.45) is 0 Å². The number of esters is 1. The van der Waals surface area contributed by atoms with Crippen molar-refractivity contribution in [2.75, 3.05) is 20.8 Å². The van der Waals surface area contributed by atoms with Crippen molar-refractivity contribution in [1.29, 1.82) is 0 Å². The van der Waals surface area contributed by atoms with Gasteiger partial charge in [0.1, 0.15) is 11.9 Å². The maximum absolute atomic E-state index is 13.7. The third-order valence-electron chi connectivity index (χ3n) is 6.18. The summed E-state index contributed by atoms with van der Waals surface area (Å²) in [6, 6.07) is 15.1. The number of carbonyl (C=O) groups is 2. The van der Waals surface area contributed by atoms with E-state index < -0.39 is 29.9 Å². The summed E-state index contributed by atoms with van der Waals surface area (Å²) in [6.07, 6.45) is -5.92. The highest BCUT2D eigenvalue weighted by Crippen LogP contribution is 2.38. The Morgan fingerprint density at radius 3 is 2.26 bits per heavy atom. The summed E-state index contributed by atoms with van der Waals surface area (Å²) < 4.78 is 56.8. The van der Waals surface area contributed by atoms with Gasteiger partial charge in [-0.1, -0.05) is 35.9 Å². The van der Waals surface area contributed by atoms with Crippen molar-refractivity contribution in [3.05, 3.63) is 87.9 Å². The van der Waals surface area contributed by atoms with Gasteiger partial charge >= 0.3 is 18.2 Å². The Morgan fingerprint density at radius 1 is 0.974 bits per heavy atom. The largest absolute Gasteiger partial charge is 0.496 e. The van der Waals surface area contributed by atoms with Gasteiger partial charge < -0.3 is 19.1 Å². The van der Waals surface area contributed by atoms with Crippen LogP contribution in [-0.4, -0.2) is 37.7 Å². The van der Waals surface area contributed by atoms with E-state index in [-0.39, 0.29) is 25.1 Å². The SMILES string of the molecule is CCN(Cc1cc(C(F)(F)F)ccc1-c1cc(CC(=O)OC)ccc1OC)C(=O)OC(C)c1ccc(Cl)cc1. The summed E-state index contributed by atoms with van der Waals surface area (Å²) in [5.41, 5.74) is 1.58. The molecule has 0 fully saturated rings. The zero-order valence-corrected chi connectivity index (χ0v) is 22.7. The normalized spacial score (nSPS) is 12.0. The Morgan fingerprint density at radius 2 is 1.67 bits per heavy atom. The van der Waals surface area contributed by atoms with Gasteiger partial charge in [-0.15, -0.1) is 0 Å². The minimum absolute atomic E-state index is 0.0283. The lowest BCUT2D eigenvalue weighted by Crippen LogP contribution is -2.32. The fourth-order valence-electron chi connectivity index (χ4n) is 4.02. The minimum atomic E-state index is -4.59. The van der Waals surface area contributed by atoms with Gasteiger partial charge in [-0.05, 0) is 72.5 Å². The molecule has 0 aliphatic carbocycles. The van der Waals surface area contributed by atoms with Crippen LogP contribution in [0, 0.1) is 0 Å². The highest BCUT2D eigenvalue weighted by Gasteiger charge is 2.32. The van der Waals surface area contributed by atoms with Gasteiger partial charge in [0.2, 0.25) is 0 Å². The summed E-state index contributed by atoms with van der Waals surface area (Å²) in [6.45, 7) is 3.43. The van der Waals surface area contributed by atoms with Crippen molar-refractivity contribution in [1.82, 2.24) is 4.90 Å². The number of nitrogens with zero attached hydrogens (tertiary/aromatic N) is 1. The summed E-state index contributed by atoms with van der Waals surface area (Å²) in [7, 11) is 2.71. The van der Waals surface area contributed by atoms with E-state index in [1.807, 2.05) is 0 Å². The van der Waals surface area contributed by atoms with Crippen LogP contribution in [0.15, 0.2) is 60.7 Å². The molecule has 1 unspecified atom stereocenters. The summed E-state index contributed by atoms with van der Waals surface area (Å²) in [5, 5.41) is 0.538. The van der Waals surface area contributed by atoms with E-state index in [2.05, 4.69) is 0 Å². The first-order valence-corrected chi connectivity index (χ1v) is 12.5. The number of ether oxygens (including phenoxy) is 3. The molecule has 10 heteroatoms. The fraction of sp³-hybridized carbons (Fsp3) is 0.310. The lowest BCUT2D eigenvalue weighted by Gasteiger charge is -2.25. The molecule has 0 aliphatic rings. The van der Waals surface area contributed by atoms with Crippen LogP contribution >= 0.6 is 11.6 Å². The first-order valence-electron chi connectivity index (χ1n) is 12.1. The number of amides is 1. The highest BCUT2D eigenvalue weighted by atomic mass is 35.5. The maximum atomic E-state index is 13.7. The second-order valence-electron chi connectivity index (χ2n) is 8.75. The summed E-state index contributed by atoms with van der Waals surface area (Å²) in [4.78, 5) is 26.2. The summed E-state index contributed by atoms with van der Waals surface area (Å²) >= 11 is 5.93. The molecule has 0 saturated carbocycles. The molecule has 0 bridgehead atoms. The quantitative estimate of drug-likeness (QED) is 0.253. The average molecular weight is 564 g/mol. The summed E-state index contributed by atoms with van der Waals surface area (Å²) in [5.74, 6) is -0.0694. The zero-order chi connectivity index (χ0) is 28.7. The van der Waals surface area contributed by atoms with Crippen LogP contribution in [0.2, 0.25) is 5.02 Å². The molecule has 0 aliphatic heterocycles. The van der Waals surface area contributed by atoms with Crippen LogP contribution in [0.25, 0.3) is 11.1 Å². The second-order valence-corrected chi connectivity index (χ2v) is 9.19. The van der Waals surface area contributed by atoms with Crippen molar-refractivity contribution in [3.63, 3.8) is 0 Å². The van der Waals surface area contributed by atoms with Crippen LogP contribution in [0.4, 0.5) is 18.0 Å². The maximum Gasteiger partial charge on any atom is 0.416 e. The van der Waals surface area contributed by atoms with Crippen LogP contribution in [0.3, 0.4) is 0 Å². The number of benzene rings is 3. The van der Waals surface area contributed by atoms with Gasteiger partial charge in [0.05, 0.1) is 26.2 Å². The molecule has 3 aromatic carbocycles. The molecule has 0 N–H and O–H groups in total. The molecule has 208 valence electrons. The molecule has 1 atom stereocenters. The molecule has 39 heavy (non-hydrogen) atoms. The third kappa shape index (κ3) is 7.66. The number of alkyl halides is 3. The Bertz CT molecular complexity index is 1310. The van der Waals surface area contributed by atoms with Crippen LogP contribution in [-0.2, 0) is 33.4 Å². The minimum Gasteiger partial charge on any atom is -0.496 e. The number of halogens is 4. The topological polar surface area (TPSA) is 65.1 Å². The van der Waals surface area contributed by atoms with Gasteiger partial charge in [0.25, 0.3) is 0 Å². The standard InChI is InChI=1S/C29H29ClF3NO5/c1-5-34(28(36)39-18(2)20-7-10-23(30)11-8-20)17-21-16-22(29(31,32)33)9-12-24(21)25-14-19(15-27(35)38-4)6-13-26(25)37-3/h6-14,16,18H,5,15,17H2,1-4H3. The number of methoxy groups -OCH3 is 2. The smallest absolute Gasteiger partial charge is 0.416 e. The lowest BCUT2D eigenvalue weighted by molar-refractivity contribution is -0.140. The number of hydrogen-bond acceptors (Lipinski definition) is 5. The van der Waals surface area contributed by atoms with Crippen molar-refractivity contribution in [3.8, 4) is 16.9 Å². The highest BCUT2D eigenvalue weighted by molar-refractivity contribution is 6.30. The van der Waals surface area contributed by atoms with Gasteiger partial charge in [0.15, 0.2) is 0 Å². The van der Waals surface area contributed by atoms with E-state index in [4.69, 9.17) is 25.8 Å². The van der Waals surface area contributed by atoms with E-state index in [0.29, 0.717) is 27.5 Å². The molecule has 0 heterocycles. The number of hydrogen-bond donors (Lipinski definition) is 0. The van der Waals surface area contributed by atoms with Crippen molar-refractivity contribution >= 4 is 23.7 Å². The Kier molecular flexibility index (Phi) is 9.86. The Balaban J connectivity index is 2.00. The second kappa shape index (κ2) is 12.9. The molecule has 0 spiro atoms. The van der Waals surface area contributed by atoms with Crippen LogP contribution in [0.1, 0.15) is 42.2 Å². The molecule has 6 nitrogen and oxygen atoms in total. The Hall–Kier alpha value is -3.72. The fourth-order valence-corrected chi connectivity index (χ4v) is 4.14. The predicted molar refractivity (Wildman–Crippen MR) is 142 cm³/mol. The van der Waals surface area contributed by atoms with E-state index in [9.17, 15) is 22.8 Å². The van der Waals surface area contributed by atoms with Crippen molar-refractivity contribution < 1.29 is 37.0 Å².